The number of hydrogen-bond donors (Lipinski definition) is 1. The largest absolute Gasteiger partial charge is 0.356 e. The Kier molecular flexibility index (Phi) is 8.04. The van der Waals surface area contributed by atoms with Gasteiger partial charge >= 0.3 is 0 Å². The molecule has 128 valence electrons. The fraction of sp³-hybridized carbons (Fsp3) is 0.550. The smallest absolute Gasteiger partial charge is 0.227 e. The van der Waals surface area contributed by atoms with Crippen LogP contribution in [0.25, 0.3) is 5.57 Å². The van der Waals surface area contributed by atoms with Crippen LogP contribution in [0, 0.1) is 5.92 Å². The molecule has 1 N–H and O–H groups in total. The molecule has 3 nitrogen and oxygen atoms in total. The van der Waals surface area contributed by atoms with Crippen LogP contribution in [0.5, 0.6) is 0 Å². The molecule has 1 aliphatic carbocycles. The number of carbonyl (C=O) groups excluding carboxylic acids is 1. The lowest BCUT2D eigenvalue weighted by atomic mass is 9.91. The minimum Gasteiger partial charge on any atom is -0.356 e. The van der Waals surface area contributed by atoms with Crippen LogP contribution in [0.2, 0.25) is 0 Å². The second-order valence-corrected chi connectivity index (χ2v) is 6.02. The number of fused-ring (bicyclic) bond motifs is 1. The summed E-state index contributed by atoms with van der Waals surface area (Å²) in [7, 11) is 4.19. The highest BCUT2D eigenvalue weighted by molar-refractivity contribution is 5.94. The molecule has 0 spiro atoms. The van der Waals surface area contributed by atoms with Crippen molar-refractivity contribution in [3.63, 3.8) is 0 Å². The van der Waals surface area contributed by atoms with Crippen molar-refractivity contribution in [2.45, 2.75) is 40.5 Å². The third-order valence-corrected chi connectivity index (χ3v) is 4.13. The molecular weight excluding hydrogens is 284 g/mol. The van der Waals surface area contributed by atoms with Crippen molar-refractivity contribution in [1.82, 2.24) is 10.2 Å². The van der Waals surface area contributed by atoms with Crippen LogP contribution in [-0.2, 0) is 11.2 Å². The quantitative estimate of drug-likeness (QED) is 0.867. The molecule has 1 aromatic carbocycles. The molecule has 1 aliphatic rings. The second-order valence-electron chi connectivity index (χ2n) is 6.02. The summed E-state index contributed by atoms with van der Waals surface area (Å²) in [4.78, 5) is 14.5. The molecule has 0 fully saturated rings. The van der Waals surface area contributed by atoms with Gasteiger partial charge in [-0.1, -0.05) is 43.7 Å². The van der Waals surface area contributed by atoms with Crippen LogP contribution in [0.15, 0.2) is 29.8 Å². The van der Waals surface area contributed by atoms with Gasteiger partial charge in [-0.3, -0.25) is 4.79 Å². The SMILES string of the molecule is CC.CCNC(=O)C(C)C1=C(CCN(C)C)Cc2ccccc21. The van der Waals surface area contributed by atoms with Gasteiger partial charge < -0.3 is 10.2 Å². The number of hydrogen-bond acceptors (Lipinski definition) is 2. The summed E-state index contributed by atoms with van der Waals surface area (Å²) in [5.74, 6) is 0.0531. The van der Waals surface area contributed by atoms with Crippen LogP contribution < -0.4 is 5.32 Å². The van der Waals surface area contributed by atoms with Gasteiger partial charge in [0.2, 0.25) is 5.91 Å². The highest BCUT2D eigenvalue weighted by Crippen LogP contribution is 2.39. The van der Waals surface area contributed by atoms with Crippen molar-refractivity contribution in [2.24, 2.45) is 5.92 Å². The molecule has 0 bridgehead atoms. The summed E-state index contributed by atoms with van der Waals surface area (Å²) in [5, 5.41) is 2.95. The van der Waals surface area contributed by atoms with E-state index in [0.717, 1.165) is 19.4 Å². The van der Waals surface area contributed by atoms with Crippen LogP contribution >= 0.6 is 0 Å². The van der Waals surface area contributed by atoms with Crippen molar-refractivity contribution < 1.29 is 4.79 Å². The molecule has 1 amide bonds. The first-order chi connectivity index (χ1) is 11.0. The molecule has 1 unspecified atom stereocenters. The first-order valence-electron chi connectivity index (χ1n) is 8.77. The minimum absolute atomic E-state index is 0.0780. The van der Waals surface area contributed by atoms with Crippen LogP contribution in [0.3, 0.4) is 0 Å². The van der Waals surface area contributed by atoms with Crippen molar-refractivity contribution >= 4 is 11.5 Å². The van der Waals surface area contributed by atoms with E-state index in [4.69, 9.17) is 0 Å². The molecule has 1 aromatic rings. The van der Waals surface area contributed by atoms with Crippen LogP contribution in [0.4, 0.5) is 0 Å². The van der Waals surface area contributed by atoms with Gasteiger partial charge in [0.25, 0.3) is 0 Å². The van der Waals surface area contributed by atoms with E-state index >= 15 is 0 Å². The van der Waals surface area contributed by atoms with Crippen LogP contribution in [0.1, 0.15) is 45.2 Å². The van der Waals surface area contributed by atoms with Gasteiger partial charge in [0.1, 0.15) is 0 Å². The van der Waals surface area contributed by atoms with Crippen molar-refractivity contribution in [3.05, 3.63) is 41.0 Å². The predicted molar refractivity (Wildman–Crippen MR) is 99.4 cm³/mol. The van der Waals surface area contributed by atoms with Crippen molar-refractivity contribution in [1.29, 1.82) is 0 Å². The molecule has 0 saturated heterocycles. The zero-order chi connectivity index (χ0) is 17.4. The normalized spacial score (nSPS) is 14.2. The van der Waals surface area contributed by atoms with Gasteiger partial charge in [0.05, 0.1) is 5.92 Å². The Morgan fingerprint density at radius 3 is 2.52 bits per heavy atom. The van der Waals surface area contributed by atoms with Gasteiger partial charge in [-0.15, -0.1) is 0 Å². The van der Waals surface area contributed by atoms with E-state index in [1.165, 1.54) is 22.3 Å². The predicted octanol–water partition coefficient (Wildman–Crippen LogP) is 3.75. The summed E-state index contributed by atoms with van der Waals surface area (Å²) in [6, 6.07) is 8.49. The van der Waals surface area contributed by atoms with Gasteiger partial charge in [-0.05, 0) is 57.5 Å². The van der Waals surface area contributed by atoms with E-state index in [9.17, 15) is 4.79 Å². The standard InChI is InChI=1S/C18H26N2O.C2H6/c1-5-19-18(21)13(2)17-15(10-11-20(3)4)12-14-8-6-7-9-16(14)17;1-2/h6-9,13H,5,10-12H2,1-4H3,(H,19,21);1-2H3. The minimum atomic E-state index is -0.0780. The summed E-state index contributed by atoms with van der Waals surface area (Å²) >= 11 is 0. The Balaban J connectivity index is 0.00000127. The summed E-state index contributed by atoms with van der Waals surface area (Å²) in [5.41, 5.74) is 5.30. The van der Waals surface area contributed by atoms with E-state index in [2.05, 4.69) is 48.6 Å². The monoisotopic (exact) mass is 316 g/mol. The maximum absolute atomic E-state index is 12.3. The van der Waals surface area contributed by atoms with E-state index in [1.54, 1.807) is 0 Å². The fourth-order valence-electron chi connectivity index (χ4n) is 3.03. The molecular formula is C20H32N2O. The molecule has 0 radical (unpaired) electrons. The zero-order valence-electron chi connectivity index (χ0n) is 15.6. The van der Waals surface area contributed by atoms with Crippen LogP contribution in [-0.4, -0.2) is 38.0 Å². The van der Waals surface area contributed by atoms with E-state index in [0.29, 0.717) is 6.54 Å². The topological polar surface area (TPSA) is 32.3 Å². The number of benzene rings is 1. The molecule has 0 heterocycles. The Morgan fingerprint density at radius 2 is 1.91 bits per heavy atom. The third-order valence-electron chi connectivity index (χ3n) is 4.13. The molecule has 2 rings (SSSR count). The lowest BCUT2D eigenvalue weighted by molar-refractivity contribution is -0.122. The fourth-order valence-corrected chi connectivity index (χ4v) is 3.03. The molecule has 1 atom stereocenters. The number of nitrogens with zero attached hydrogens (tertiary/aromatic N) is 1. The Morgan fingerprint density at radius 1 is 1.26 bits per heavy atom. The van der Waals surface area contributed by atoms with Gasteiger partial charge in [0, 0.05) is 13.1 Å². The maximum Gasteiger partial charge on any atom is 0.227 e. The number of carbonyl (C=O) groups is 1. The maximum atomic E-state index is 12.3. The van der Waals surface area contributed by atoms with E-state index in [-0.39, 0.29) is 11.8 Å². The summed E-state index contributed by atoms with van der Waals surface area (Å²) < 4.78 is 0. The zero-order valence-corrected chi connectivity index (χ0v) is 15.6. The van der Waals surface area contributed by atoms with Gasteiger partial charge in [-0.25, -0.2) is 0 Å². The lowest BCUT2D eigenvalue weighted by Gasteiger charge is -2.17. The first kappa shape index (κ1) is 19.4. The van der Waals surface area contributed by atoms with Gasteiger partial charge in [-0.2, -0.15) is 0 Å². The molecule has 3 heteroatoms. The number of amides is 1. The van der Waals surface area contributed by atoms with Gasteiger partial charge in [0.15, 0.2) is 0 Å². The van der Waals surface area contributed by atoms with Crippen molar-refractivity contribution in [3.8, 4) is 0 Å². The highest BCUT2D eigenvalue weighted by Gasteiger charge is 2.28. The molecule has 0 saturated carbocycles. The summed E-state index contributed by atoms with van der Waals surface area (Å²) in [6.45, 7) is 9.70. The average molecular weight is 316 g/mol. The molecule has 0 aliphatic heterocycles. The third kappa shape index (κ3) is 4.93. The summed E-state index contributed by atoms with van der Waals surface area (Å²) in [6.07, 6.45) is 2.02. The Hall–Kier alpha value is -1.61. The first-order valence-corrected chi connectivity index (χ1v) is 8.77. The second kappa shape index (κ2) is 9.51. The van der Waals surface area contributed by atoms with E-state index in [1.807, 2.05) is 27.7 Å². The molecule has 0 aromatic heterocycles. The van der Waals surface area contributed by atoms with Crippen molar-refractivity contribution in [2.75, 3.05) is 27.2 Å². The highest BCUT2D eigenvalue weighted by atomic mass is 16.1. The number of rotatable bonds is 6. The lowest BCUT2D eigenvalue weighted by Crippen LogP contribution is -2.29. The van der Waals surface area contributed by atoms with E-state index < -0.39 is 0 Å². The molecule has 23 heavy (non-hydrogen) atoms. The Labute approximate surface area is 141 Å². The number of nitrogens with one attached hydrogen (secondary N) is 1. The average Bonchev–Trinajstić information content (AvgIpc) is 2.92. The Bertz CT molecular complexity index is 546.